The molecule has 21 heavy (non-hydrogen) atoms. The molecule has 3 unspecified atom stereocenters. The number of rotatable bonds is 6. The summed E-state index contributed by atoms with van der Waals surface area (Å²) < 4.78 is 3.21. The molecule has 0 radical (unpaired) electrons. The maximum Gasteiger partial charge on any atom is 0.0738 e. The molecule has 1 aromatic heterocycles. The minimum Gasteiger partial charge on any atom is -0.312 e. The summed E-state index contributed by atoms with van der Waals surface area (Å²) in [4.78, 5) is 0. The van der Waals surface area contributed by atoms with Crippen molar-refractivity contribution in [3.05, 3.63) is 15.9 Å². The maximum absolute atomic E-state index is 4.54. The zero-order chi connectivity index (χ0) is 15.4. The minimum absolute atomic E-state index is 0.517. The Bertz CT molecular complexity index is 464. The molecule has 120 valence electrons. The summed E-state index contributed by atoms with van der Waals surface area (Å²) in [7, 11) is 2.05. The van der Waals surface area contributed by atoms with E-state index in [1.54, 1.807) is 0 Å². The molecule has 6 heteroatoms. The smallest absolute Gasteiger partial charge is 0.0738 e. The first-order chi connectivity index (χ1) is 10.0. The van der Waals surface area contributed by atoms with Gasteiger partial charge in [0.25, 0.3) is 0 Å². The van der Waals surface area contributed by atoms with Gasteiger partial charge in [0.15, 0.2) is 0 Å². The van der Waals surface area contributed by atoms with E-state index in [9.17, 15) is 0 Å². The molecule has 1 saturated heterocycles. The van der Waals surface area contributed by atoms with Gasteiger partial charge in [-0.1, -0.05) is 13.8 Å². The van der Waals surface area contributed by atoms with Gasteiger partial charge in [-0.05, 0) is 35.8 Å². The van der Waals surface area contributed by atoms with Crippen molar-refractivity contribution in [3.8, 4) is 0 Å². The van der Waals surface area contributed by atoms with E-state index in [2.05, 4.69) is 77.7 Å². The van der Waals surface area contributed by atoms with Gasteiger partial charge in [0, 0.05) is 41.5 Å². The molecule has 2 heterocycles. The summed E-state index contributed by atoms with van der Waals surface area (Å²) in [6.45, 7) is 7.77. The molecule has 3 atom stereocenters. The molecule has 0 aromatic carbocycles. The first kappa shape index (κ1) is 17.7. The first-order valence-electron chi connectivity index (χ1n) is 7.69. The number of halogens is 1. The lowest BCUT2D eigenvalue weighted by atomic mass is 10.0. The third-order valence-corrected chi connectivity index (χ3v) is 8.25. The average Bonchev–Trinajstić information content (AvgIpc) is 2.70. The van der Waals surface area contributed by atoms with Crippen molar-refractivity contribution in [2.75, 3.05) is 18.1 Å². The quantitative estimate of drug-likeness (QED) is 0.801. The molecule has 1 N–H and O–H groups in total. The van der Waals surface area contributed by atoms with Gasteiger partial charge in [0.2, 0.25) is 0 Å². The number of nitrogens with zero attached hydrogens (tertiary/aromatic N) is 2. The highest BCUT2D eigenvalue weighted by molar-refractivity contribution is 9.10. The summed E-state index contributed by atoms with van der Waals surface area (Å²) in [5, 5.41) is 9.72. The number of hydrogen-bond acceptors (Lipinski definition) is 4. The van der Waals surface area contributed by atoms with Crippen molar-refractivity contribution in [2.45, 2.75) is 50.2 Å². The molecular weight excluding hydrogens is 366 g/mol. The molecule has 0 spiro atoms. The van der Waals surface area contributed by atoms with Crippen LogP contribution >= 0.6 is 39.5 Å². The predicted octanol–water partition coefficient (Wildman–Crippen LogP) is 3.64. The highest BCUT2D eigenvalue weighted by atomic mass is 79.9. The number of thioether (sulfide) groups is 2. The van der Waals surface area contributed by atoms with Gasteiger partial charge in [0.05, 0.1) is 15.9 Å². The lowest BCUT2D eigenvalue weighted by Crippen LogP contribution is -2.46. The standard InChI is InChI=1S/C15H26BrN3S2/c1-5-6-17-12(15-11(3)20-7-8-21-15)9-13-14(16)10(2)18-19(13)4/h11-12,15,17H,5-9H2,1-4H3. The average molecular weight is 392 g/mol. The van der Waals surface area contributed by atoms with Crippen LogP contribution in [-0.4, -0.2) is 44.4 Å². The molecule has 2 rings (SSSR count). The summed E-state index contributed by atoms with van der Waals surface area (Å²) in [5.74, 6) is 2.56. The largest absolute Gasteiger partial charge is 0.312 e. The van der Waals surface area contributed by atoms with Crippen LogP contribution in [0.5, 0.6) is 0 Å². The van der Waals surface area contributed by atoms with E-state index in [-0.39, 0.29) is 0 Å². The fraction of sp³-hybridized carbons (Fsp3) is 0.800. The van der Waals surface area contributed by atoms with E-state index in [0.717, 1.165) is 18.7 Å². The Hall–Kier alpha value is 0.350. The Morgan fingerprint density at radius 1 is 1.43 bits per heavy atom. The number of hydrogen-bond donors (Lipinski definition) is 1. The highest BCUT2D eigenvalue weighted by Crippen LogP contribution is 2.34. The van der Waals surface area contributed by atoms with E-state index in [1.165, 1.54) is 28.1 Å². The van der Waals surface area contributed by atoms with Crippen LogP contribution in [0, 0.1) is 6.92 Å². The molecule has 3 nitrogen and oxygen atoms in total. The van der Waals surface area contributed by atoms with Gasteiger partial charge in [0.1, 0.15) is 0 Å². The van der Waals surface area contributed by atoms with Crippen LogP contribution in [-0.2, 0) is 13.5 Å². The van der Waals surface area contributed by atoms with Gasteiger partial charge < -0.3 is 5.32 Å². The van der Waals surface area contributed by atoms with Gasteiger partial charge in [-0.25, -0.2) is 0 Å². The number of aryl methyl sites for hydroxylation is 2. The van der Waals surface area contributed by atoms with Crippen LogP contribution in [0.2, 0.25) is 0 Å². The Labute approximate surface area is 145 Å². The van der Waals surface area contributed by atoms with Crippen LogP contribution in [0.1, 0.15) is 31.7 Å². The zero-order valence-corrected chi connectivity index (χ0v) is 16.6. The number of nitrogens with one attached hydrogen (secondary N) is 1. The fourth-order valence-corrected chi connectivity index (χ4v) is 6.29. The van der Waals surface area contributed by atoms with E-state index >= 15 is 0 Å². The summed E-state index contributed by atoms with van der Waals surface area (Å²) in [6, 6.07) is 0.517. The zero-order valence-electron chi connectivity index (χ0n) is 13.4. The highest BCUT2D eigenvalue weighted by Gasteiger charge is 2.31. The van der Waals surface area contributed by atoms with Crippen LogP contribution in [0.4, 0.5) is 0 Å². The lowest BCUT2D eigenvalue weighted by molar-refractivity contribution is 0.473. The van der Waals surface area contributed by atoms with E-state index < -0.39 is 0 Å². The Kier molecular flexibility index (Phi) is 6.97. The van der Waals surface area contributed by atoms with E-state index in [1.807, 2.05) is 4.68 Å². The summed E-state index contributed by atoms with van der Waals surface area (Å²) in [6.07, 6.45) is 2.22. The second-order valence-corrected chi connectivity index (χ2v) is 9.21. The Morgan fingerprint density at radius 3 is 2.71 bits per heavy atom. The van der Waals surface area contributed by atoms with Crippen LogP contribution in [0.15, 0.2) is 4.47 Å². The normalized spacial score (nSPS) is 24.2. The van der Waals surface area contributed by atoms with Gasteiger partial charge in [-0.2, -0.15) is 28.6 Å². The first-order valence-corrected chi connectivity index (χ1v) is 10.6. The van der Waals surface area contributed by atoms with Crippen molar-refractivity contribution in [1.29, 1.82) is 0 Å². The second kappa shape index (κ2) is 8.27. The number of aromatic nitrogens is 2. The van der Waals surface area contributed by atoms with Crippen LogP contribution in [0.3, 0.4) is 0 Å². The van der Waals surface area contributed by atoms with Gasteiger partial charge in [-0.3, -0.25) is 4.68 Å². The fourth-order valence-electron chi connectivity index (χ4n) is 2.84. The topological polar surface area (TPSA) is 29.9 Å². The van der Waals surface area contributed by atoms with Crippen molar-refractivity contribution >= 4 is 39.5 Å². The third-order valence-electron chi connectivity index (χ3n) is 3.97. The molecule has 1 aliphatic rings. The molecular formula is C15H26BrN3S2. The van der Waals surface area contributed by atoms with Crippen molar-refractivity contribution in [2.24, 2.45) is 7.05 Å². The van der Waals surface area contributed by atoms with Crippen molar-refractivity contribution < 1.29 is 0 Å². The van der Waals surface area contributed by atoms with Gasteiger partial charge >= 0.3 is 0 Å². The summed E-state index contributed by atoms with van der Waals surface area (Å²) >= 11 is 7.97. The van der Waals surface area contributed by atoms with E-state index in [4.69, 9.17) is 0 Å². The molecule has 0 bridgehead atoms. The van der Waals surface area contributed by atoms with Crippen LogP contribution < -0.4 is 5.32 Å². The molecule has 1 fully saturated rings. The molecule has 0 amide bonds. The molecule has 1 aliphatic heterocycles. The Balaban J connectivity index is 2.15. The van der Waals surface area contributed by atoms with Crippen molar-refractivity contribution in [1.82, 2.24) is 15.1 Å². The summed E-state index contributed by atoms with van der Waals surface area (Å²) in [5.41, 5.74) is 2.39. The SMILES string of the molecule is CCCNC(Cc1c(Br)c(C)nn1C)C1SCCSC1C. The lowest BCUT2D eigenvalue weighted by Gasteiger charge is -2.35. The van der Waals surface area contributed by atoms with Crippen molar-refractivity contribution in [3.63, 3.8) is 0 Å². The molecule has 0 aliphatic carbocycles. The second-order valence-electron chi connectivity index (χ2n) is 5.65. The predicted molar refractivity (Wildman–Crippen MR) is 99.6 cm³/mol. The molecule has 1 aromatic rings. The van der Waals surface area contributed by atoms with Gasteiger partial charge in [-0.15, -0.1) is 0 Å². The minimum atomic E-state index is 0.517. The van der Waals surface area contributed by atoms with E-state index in [0.29, 0.717) is 16.5 Å². The maximum atomic E-state index is 4.54. The van der Waals surface area contributed by atoms with Crippen LogP contribution in [0.25, 0.3) is 0 Å². The third kappa shape index (κ3) is 4.43. The monoisotopic (exact) mass is 391 g/mol. The Morgan fingerprint density at radius 2 is 2.14 bits per heavy atom. The molecule has 0 saturated carbocycles.